The largest absolute Gasteiger partial charge is 0.497 e. The first-order chi connectivity index (χ1) is 18.5. The molecular weight excluding hydrogens is 480 g/mol. The number of nitrogens with one attached hydrogen (secondary N) is 1. The van der Waals surface area contributed by atoms with Crippen molar-refractivity contribution >= 4 is 22.7 Å². The van der Waals surface area contributed by atoms with Gasteiger partial charge in [0.1, 0.15) is 5.75 Å². The van der Waals surface area contributed by atoms with Crippen LogP contribution in [0, 0.1) is 5.92 Å². The molecule has 1 saturated heterocycles. The Morgan fingerprint density at radius 2 is 1.84 bits per heavy atom. The van der Waals surface area contributed by atoms with Crippen LogP contribution in [0.2, 0.25) is 0 Å². The van der Waals surface area contributed by atoms with Gasteiger partial charge >= 0.3 is 0 Å². The van der Waals surface area contributed by atoms with E-state index in [0.717, 1.165) is 60.9 Å². The number of methoxy groups -OCH3 is 1. The van der Waals surface area contributed by atoms with E-state index in [0.29, 0.717) is 25.2 Å². The zero-order valence-electron chi connectivity index (χ0n) is 22.0. The number of amides is 2. The molecule has 2 amide bonds. The minimum atomic E-state index is -0.403. The summed E-state index contributed by atoms with van der Waals surface area (Å²) in [5, 5.41) is 11.7. The number of carbonyl (C=O) groups is 2. The third-order valence-electron chi connectivity index (χ3n) is 9.09. The van der Waals surface area contributed by atoms with E-state index >= 15 is 0 Å². The van der Waals surface area contributed by atoms with Crippen LogP contribution in [0.25, 0.3) is 10.9 Å². The van der Waals surface area contributed by atoms with Gasteiger partial charge in [0.15, 0.2) is 0 Å². The van der Waals surface area contributed by atoms with Crippen molar-refractivity contribution in [1.82, 2.24) is 19.8 Å². The SMILES string of the molecule is COc1ccc2c3c([nH]c2c1)[C@@H](CO)N(C(=O)C1CCCCC1)CC31CCN(C(=O)c2ccncc2)CC1. The standard InChI is InChI=1S/C30H36N4O4/c1-38-22-7-8-23-24(17-22)32-27-25(18-35)34(29(37)20-5-3-2-4-6-20)19-30(26(23)27)11-15-33(16-12-30)28(36)21-9-13-31-14-10-21/h7-10,13-14,17,20,25,32,35H,2-6,11-12,15-16,18-19H2,1H3/t25-/m1/s1. The summed E-state index contributed by atoms with van der Waals surface area (Å²) < 4.78 is 5.48. The number of piperidine rings is 1. The second-order valence-electron chi connectivity index (χ2n) is 11.1. The highest BCUT2D eigenvalue weighted by molar-refractivity contribution is 5.94. The van der Waals surface area contributed by atoms with Crippen LogP contribution in [0.5, 0.6) is 5.75 Å². The number of nitrogens with zero attached hydrogens (tertiary/aromatic N) is 3. The number of fused-ring (bicyclic) bond motifs is 4. The van der Waals surface area contributed by atoms with Crippen LogP contribution in [0.4, 0.5) is 0 Å². The molecule has 1 aliphatic carbocycles. The Labute approximate surface area is 223 Å². The number of hydrogen-bond acceptors (Lipinski definition) is 5. The van der Waals surface area contributed by atoms with Gasteiger partial charge < -0.3 is 24.6 Å². The number of ether oxygens (including phenoxy) is 1. The maximum atomic E-state index is 13.9. The van der Waals surface area contributed by atoms with Gasteiger partial charge in [-0.3, -0.25) is 14.6 Å². The summed E-state index contributed by atoms with van der Waals surface area (Å²) in [4.78, 5) is 38.7. The molecule has 0 radical (unpaired) electrons. The van der Waals surface area contributed by atoms with Crippen LogP contribution in [0.3, 0.4) is 0 Å². The van der Waals surface area contributed by atoms with Crippen LogP contribution >= 0.6 is 0 Å². The predicted octanol–water partition coefficient (Wildman–Crippen LogP) is 4.20. The van der Waals surface area contributed by atoms with Crippen molar-refractivity contribution in [3.05, 3.63) is 59.5 Å². The van der Waals surface area contributed by atoms with Gasteiger partial charge in [-0.25, -0.2) is 0 Å². The summed E-state index contributed by atoms with van der Waals surface area (Å²) in [7, 11) is 1.65. The van der Waals surface area contributed by atoms with Gasteiger partial charge in [0.25, 0.3) is 5.91 Å². The molecule has 1 aromatic carbocycles. The van der Waals surface area contributed by atoms with Crippen molar-refractivity contribution in [1.29, 1.82) is 0 Å². The van der Waals surface area contributed by atoms with E-state index in [1.165, 1.54) is 12.0 Å². The Kier molecular flexibility index (Phi) is 6.60. The molecule has 1 saturated carbocycles. The molecule has 200 valence electrons. The highest BCUT2D eigenvalue weighted by Crippen LogP contribution is 2.50. The number of H-pyrrole nitrogens is 1. The fourth-order valence-electron chi connectivity index (χ4n) is 7.05. The highest BCUT2D eigenvalue weighted by Gasteiger charge is 2.49. The van der Waals surface area contributed by atoms with Crippen LogP contribution in [-0.4, -0.2) is 70.0 Å². The summed E-state index contributed by atoms with van der Waals surface area (Å²) in [5.74, 6) is 0.971. The van der Waals surface area contributed by atoms with Gasteiger partial charge in [-0.05, 0) is 55.5 Å². The van der Waals surface area contributed by atoms with Gasteiger partial charge in [0.05, 0.1) is 19.8 Å². The molecule has 0 bridgehead atoms. The third-order valence-corrected chi connectivity index (χ3v) is 9.09. The Bertz CT molecular complexity index is 1320. The van der Waals surface area contributed by atoms with Crippen molar-refractivity contribution in [2.24, 2.45) is 5.92 Å². The number of carbonyl (C=O) groups excluding carboxylic acids is 2. The molecule has 3 aromatic rings. The number of aliphatic hydroxyl groups excluding tert-OH is 1. The van der Waals surface area contributed by atoms with E-state index in [1.807, 2.05) is 21.9 Å². The fourth-order valence-corrected chi connectivity index (χ4v) is 7.05. The molecule has 8 heteroatoms. The number of aromatic amines is 1. The molecule has 38 heavy (non-hydrogen) atoms. The van der Waals surface area contributed by atoms with Gasteiger partial charge in [-0.15, -0.1) is 0 Å². The maximum absolute atomic E-state index is 13.9. The quantitative estimate of drug-likeness (QED) is 0.542. The van der Waals surface area contributed by atoms with Crippen molar-refractivity contribution in [3.63, 3.8) is 0 Å². The average molecular weight is 517 g/mol. The second kappa shape index (κ2) is 10.1. The predicted molar refractivity (Wildman–Crippen MR) is 144 cm³/mol. The molecule has 2 aliphatic heterocycles. The molecule has 2 fully saturated rings. The summed E-state index contributed by atoms with van der Waals surface area (Å²) >= 11 is 0. The molecule has 2 N–H and O–H groups in total. The van der Waals surface area contributed by atoms with Crippen molar-refractivity contribution in [2.75, 3.05) is 33.4 Å². The molecule has 3 aliphatic rings. The van der Waals surface area contributed by atoms with Crippen LogP contribution in [0.1, 0.15) is 72.6 Å². The summed E-state index contributed by atoms with van der Waals surface area (Å²) in [6.45, 7) is 1.66. The lowest BCUT2D eigenvalue weighted by Crippen LogP contribution is -2.56. The number of rotatable bonds is 4. The van der Waals surface area contributed by atoms with E-state index in [1.54, 1.807) is 31.6 Å². The Hall–Kier alpha value is -3.39. The first-order valence-corrected chi connectivity index (χ1v) is 13.9. The van der Waals surface area contributed by atoms with Crippen LogP contribution in [-0.2, 0) is 10.2 Å². The molecule has 1 atom stereocenters. The van der Waals surface area contributed by atoms with E-state index in [-0.39, 0.29) is 29.8 Å². The monoisotopic (exact) mass is 516 g/mol. The van der Waals surface area contributed by atoms with Crippen molar-refractivity contribution in [3.8, 4) is 5.75 Å². The van der Waals surface area contributed by atoms with Gasteiger partial charge in [0.2, 0.25) is 5.91 Å². The zero-order chi connectivity index (χ0) is 26.3. The number of aliphatic hydroxyl groups is 1. The third kappa shape index (κ3) is 4.15. The van der Waals surface area contributed by atoms with Gasteiger partial charge in [-0.2, -0.15) is 0 Å². The lowest BCUT2D eigenvalue weighted by atomic mass is 9.68. The highest BCUT2D eigenvalue weighted by atomic mass is 16.5. The number of aromatic nitrogens is 2. The summed E-state index contributed by atoms with van der Waals surface area (Å²) in [5.41, 5.74) is 3.43. The van der Waals surface area contributed by atoms with E-state index in [4.69, 9.17) is 4.74 Å². The lowest BCUT2D eigenvalue weighted by molar-refractivity contribution is -0.142. The molecule has 8 nitrogen and oxygen atoms in total. The van der Waals surface area contributed by atoms with Crippen LogP contribution in [0.15, 0.2) is 42.7 Å². The minimum absolute atomic E-state index is 0.0188. The van der Waals surface area contributed by atoms with Gasteiger partial charge in [-0.1, -0.05) is 19.3 Å². The molecular formula is C30H36N4O4. The Balaban J connectivity index is 1.39. The number of hydrogen-bond donors (Lipinski definition) is 2. The molecule has 1 spiro atoms. The lowest BCUT2D eigenvalue weighted by Gasteiger charge is -2.51. The molecule has 4 heterocycles. The first-order valence-electron chi connectivity index (χ1n) is 13.9. The second-order valence-corrected chi connectivity index (χ2v) is 11.1. The van der Waals surface area contributed by atoms with E-state index in [9.17, 15) is 14.7 Å². The maximum Gasteiger partial charge on any atom is 0.253 e. The number of benzene rings is 1. The van der Waals surface area contributed by atoms with Crippen LogP contribution < -0.4 is 4.74 Å². The van der Waals surface area contributed by atoms with Crippen molar-refractivity contribution in [2.45, 2.75) is 56.4 Å². The smallest absolute Gasteiger partial charge is 0.253 e. The van der Waals surface area contributed by atoms with E-state index < -0.39 is 6.04 Å². The molecule has 2 aromatic heterocycles. The number of pyridine rings is 1. The fraction of sp³-hybridized carbons (Fsp3) is 0.500. The molecule has 6 rings (SSSR count). The topological polar surface area (TPSA) is 98.8 Å². The average Bonchev–Trinajstić information content (AvgIpc) is 3.37. The zero-order valence-corrected chi connectivity index (χ0v) is 22.0. The van der Waals surface area contributed by atoms with Crippen molar-refractivity contribution < 1.29 is 19.4 Å². The van der Waals surface area contributed by atoms with E-state index in [2.05, 4.69) is 16.0 Å². The Morgan fingerprint density at radius 3 is 2.53 bits per heavy atom. The Morgan fingerprint density at radius 1 is 1.11 bits per heavy atom. The molecule has 0 unspecified atom stereocenters. The summed E-state index contributed by atoms with van der Waals surface area (Å²) in [6, 6.07) is 9.17. The first kappa shape index (κ1) is 24.9. The summed E-state index contributed by atoms with van der Waals surface area (Å²) in [6.07, 6.45) is 10.0. The number of likely N-dealkylation sites (tertiary alicyclic amines) is 1. The minimum Gasteiger partial charge on any atom is -0.497 e. The van der Waals surface area contributed by atoms with Gasteiger partial charge in [0, 0.05) is 71.6 Å². The normalized spacial score (nSPS) is 21.5.